The van der Waals surface area contributed by atoms with Gasteiger partial charge in [-0.3, -0.25) is 4.79 Å². The molecule has 19 heavy (non-hydrogen) atoms. The number of thiophene rings is 1. The van der Waals surface area contributed by atoms with Crippen molar-refractivity contribution in [2.45, 2.75) is 18.7 Å². The number of carbonyl (C=O) groups is 1. The smallest absolute Gasteiger partial charge is 0.251 e. The zero-order valence-corrected chi connectivity index (χ0v) is 12.7. The van der Waals surface area contributed by atoms with E-state index < -0.39 is 0 Å². The van der Waals surface area contributed by atoms with Gasteiger partial charge in [0.1, 0.15) is 0 Å². The van der Waals surface area contributed by atoms with Crippen LogP contribution in [-0.4, -0.2) is 12.2 Å². The number of benzene rings is 1. The van der Waals surface area contributed by atoms with E-state index in [-0.39, 0.29) is 11.9 Å². The van der Waals surface area contributed by atoms with Crippen LogP contribution in [0.25, 0.3) is 0 Å². The molecular weight excluding hydrogens is 274 g/mol. The molecule has 2 aromatic rings. The monoisotopic (exact) mass is 291 g/mol. The zero-order chi connectivity index (χ0) is 13.7. The van der Waals surface area contributed by atoms with Crippen LogP contribution in [0.5, 0.6) is 0 Å². The van der Waals surface area contributed by atoms with Crippen LogP contribution in [0.2, 0.25) is 0 Å². The van der Waals surface area contributed by atoms with Crippen molar-refractivity contribution in [3.05, 3.63) is 57.8 Å². The molecule has 0 aliphatic carbocycles. The normalized spacial score (nSPS) is 12.1. The Labute approximate surface area is 122 Å². The molecule has 0 bridgehead atoms. The van der Waals surface area contributed by atoms with Crippen LogP contribution in [0.3, 0.4) is 0 Å². The molecule has 0 spiro atoms. The van der Waals surface area contributed by atoms with Crippen LogP contribution in [0.15, 0.2) is 41.8 Å². The molecule has 1 aromatic carbocycles. The zero-order valence-electron chi connectivity index (χ0n) is 11.1. The summed E-state index contributed by atoms with van der Waals surface area (Å²) in [6.45, 7) is 2.01. The van der Waals surface area contributed by atoms with E-state index >= 15 is 0 Å². The van der Waals surface area contributed by atoms with Crippen LogP contribution in [0, 0.1) is 0 Å². The molecule has 1 atom stereocenters. The number of thioether (sulfide) groups is 1. The first-order chi connectivity index (χ1) is 9.20. The van der Waals surface area contributed by atoms with Gasteiger partial charge in [0.2, 0.25) is 0 Å². The highest BCUT2D eigenvalue weighted by molar-refractivity contribution is 7.97. The van der Waals surface area contributed by atoms with E-state index in [1.165, 1.54) is 10.4 Å². The molecular formula is C15H17NOS2. The maximum atomic E-state index is 12.1. The highest BCUT2D eigenvalue weighted by Crippen LogP contribution is 2.19. The molecule has 1 heterocycles. The minimum Gasteiger partial charge on any atom is -0.345 e. The molecule has 0 saturated heterocycles. The van der Waals surface area contributed by atoms with E-state index in [0.717, 1.165) is 5.75 Å². The standard InChI is InChI=1S/C15H17NOS2/c1-11(14-4-3-9-19-14)16-15(17)13-7-5-12(6-8-13)10-18-2/h3-9,11H,10H2,1-2H3,(H,16,17)/t11-/m0/s1. The third kappa shape index (κ3) is 3.85. The Morgan fingerprint density at radius 2 is 2.05 bits per heavy atom. The summed E-state index contributed by atoms with van der Waals surface area (Å²) in [5.74, 6) is 0.963. The average molecular weight is 291 g/mol. The van der Waals surface area contributed by atoms with Crippen LogP contribution < -0.4 is 5.32 Å². The largest absolute Gasteiger partial charge is 0.345 e. The van der Waals surface area contributed by atoms with Gasteiger partial charge >= 0.3 is 0 Å². The quantitative estimate of drug-likeness (QED) is 0.898. The molecule has 0 unspecified atom stereocenters. The molecule has 0 aliphatic rings. The van der Waals surface area contributed by atoms with Crippen molar-refractivity contribution in [2.24, 2.45) is 0 Å². The molecule has 1 amide bonds. The summed E-state index contributed by atoms with van der Waals surface area (Å²) >= 11 is 3.44. The summed E-state index contributed by atoms with van der Waals surface area (Å²) in [6, 6.07) is 11.9. The molecule has 0 fully saturated rings. The van der Waals surface area contributed by atoms with Gasteiger partial charge in [-0.2, -0.15) is 11.8 Å². The molecule has 2 nitrogen and oxygen atoms in total. The maximum Gasteiger partial charge on any atom is 0.251 e. The lowest BCUT2D eigenvalue weighted by Gasteiger charge is -2.12. The van der Waals surface area contributed by atoms with Crippen LogP contribution >= 0.6 is 23.1 Å². The first-order valence-corrected chi connectivity index (χ1v) is 8.40. The molecule has 100 valence electrons. The second kappa shape index (κ2) is 6.78. The minimum atomic E-state index is -0.0170. The van der Waals surface area contributed by atoms with Gasteiger partial charge in [-0.15, -0.1) is 11.3 Å². The number of amides is 1. The lowest BCUT2D eigenvalue weighted by atomic mass is 10.1. The minimum absolute atomic E-state index is 0.0170. The van der Waals surface area contributed by atoms with Gasteiger partial charge < -0.3 is 5.32 Å². The van der Waals surface area contributed by atoms with Crippen LogP contribution in [-0.2, 0) is 5.75 Å². The highest BCUT2D eigenvalue weighted by atomic mass is 32.2. The first kappa shape index (κ1) is 14.2. The fraction of sp³-hybridized carbons (Fsp3) is 0.267. The summed E-state index contributed by atoms with van der Waals surface area (Å²) < 4.78 is 0. The lowest BCUT2D eigenvalue weighted by molar-refractivity contribution is 0.0940. The van der Waals surface area contributed by atoms with Gasteiger partial charge in [-0.05, 0) is 42.3 Å². The number of hydrogen-bond donors (Lipinski definition) is 1. The summed E-state index contributed by atoms with van der Waals surface area (Å²) in [5.41, 5.74) is 1.96. The summed E-state index contributed by atoms with van der Waals surface area (Å²) in [5, 5.41) is 5.04. The van der Waals surface area contributed by atoms with Crippen molar-refractivity contribution in [1.82, 2.24) is 5.32 Å². The average Bonchev–Trinajstić information content (AvgIpc) is 2.94. The van der Waals surface area contributed by atoms with Gasteiger partial charge in [0.05, 0.1) is 6.04 Å². The number of carbonyl (C=O) groups excluding carboxylic acids is 1. The summed E-state index contributed by atoms with van der Waals surface area (Å²) in [4.78, 5) is 13.3. The maximum absolute atomic E-state index is 12.1. The van der Waals surface area contributed by atoms with E-state index in [1.807, 2.05) is 48.7 Å². The Morgan fingerprint density at radius 1 is 1.32 bits per heavy atom. The predicted molar refractivity (Wildman–Crippen MR) is 83.9 cm³/mol. The van der Waals surface area contributed by atoms with Crippen molar-refractivity contribution >= 4 is 29.0 Å². The van der Waals surface area contributed by atoms with E-state index in [1.54, 1.807) is 23.1 Å². The SMILES string of the molecule is CSCc1ccc(C(=O)N[C@@H](C)c2cccs2)cc1. The van der Waals surface area contributed by atoms with Gasteiger partial charge in [0.25, 0.3) is 5.91 Å². The second-order valence-electron chi connectivity index (χ2n) is 4.34. The molecule has 1 N–H and O–H groups in total. The van der Waals surface area contributed by atoms with Gasteiger partial charge in [-0.25, -0.2) is 0 Å². The Hall–Kier alpha value is -1.26. The fourth-order valence-electron chi connectivity index (χ4n) is 1.81. The summed E-state index contributed by atoms with van der Waals surface area (Å²) in [6.07, 6.45) is 2.07. The van der Waals surface area contributed by atoms with Crippen molar-refractivity contribution in [1.29, 1.82) is 0 Å². The van der Waals surface area contributed by atoms with Gasteiger partial charge in [0.15, 0.2) is 0 Å². The molecule has 0 aliphatic heterocycles. The Bertz CT molecular complexity index is 520. The Morgan fingerprint density at radius 3 is 2.63 bits per heavy atom. The predicted octanol–water partition coefficient (Wildman–Crippen LogP) is 4.10. The van der Waals surface area contributed by atoms with E-state index in [2.05, 4.69) is 11.6 Å². The van der Waals surface area contributed by atoms with Crippen molar-refractivity contribution in [2.75, 3.05) is 6.26 Å². The van der Waals surface area contributed by atoms with Crippen LogP contribution in [0.4, 0.5) is 0 Å². The first-order valence-electron chi connectivity index (χ1n) is 6.13. The Balaban J connectivity index is 1.99. The Kier molecular flexibility index (Phi) is 5.05. The molecule has 0 saturated carbocycles. The number of nitrogens with one attached hydrogen (secondary N) is 1. The summed E-state index contributed by atoms with van der Waals surface area (Å²) in [7, 11) is 0. The van der Waals surface area contributed by atoms with Gasteiger partial charge in [0, 0.05) is 16.2 Å². The topological polar surface area (TPSA) is 29.1 Å². The molecule has 0 radical (unpaired) electrons. The van der Waals surface area contributed by atoms with Crippen molar-refractivity contribution in [3.8, 4) is 0 Å². The lowest BCUT2D eigenvalue weighted by Crippen LogP contribution is -2.26. The third-order valence-electron chi connectivity index (χ3n) is 2.84. The van der Waals surface area contributed by atoms with Crippen molar-refractivity contribution in [3.63, 3.8) is 0 Å². The van der Waals surface area contributed by atoms with Crippen LogP contribution in [0.1, 0.15) is 33.8 Å². The van der Waals surface area contributed by atoms with E-state index in [4.69, 9.17) is 0 Å². The van der Waals surface area contributed by atoms with Gasteiger partial charge in [-0.1, -0.05) is 18.2 Å². The third-order valence-corrected chi connectivity index (χ3v) is 4.52. The van der Waals surface area contributed by atoms with Crippen molar-refractivity contribution < 1.29 is 4.79 Å². The van der Waals surface area contributed by atoms with E-state index in [9.17, 15) is 4.79 Å². The number of hydrogen-bond acceptors (Lipinski definition) is 3. The molecule has 4 heteroatoms. The molecule has 1 aromatic heterocycles. The van der Waals surface area contributed by atoms with E-state index in [0.29, 0.717) is 5.56 Å². The molecule has 2 rings (SSSR count). The highest BCUT2D eigenvalue weighted by Gasteiger charge is 2.11. The fourth-order valence-corrected chi connectivity index (χ4v) is 3.07. The second-order valence-corrected chi connectivity index (χ2v) is 6.19. The number of rotatable bonds is 5.